The molecule has 5 rings (SSSR count). The molecule has 172 valence electrons. The molecule has 2 N–H and O–H groups in total. The number of H-pyrrole nitrogens is 1. The number of para-hydroxylation sites is 1. The van der Waals surface area contributed by atoms with Crippen LogP contribution in [0.15, 0.2) is 74.4 Å². The van der Waals surface area contributed by atoms with Crippen LogP contribution in [0.2, 0.25) is 0 Å². The summed E-state index contributed by atoms with van der Waals surface area (Å²) in [5.74, 6) is 0.176. The second-order valence-electron chi connectivity index (χ2n) is 7.92. The molecule has 0 atom stereocenters. The van der Waals surface area contributed by atoms with Gasteiger partial charge in [0.2, 0.25) is 5.88 Å². The topological polar surface area (TPSA) is 123 Å². The number of aromatic nitrogens is 5. The van der Waals surface area contributed by atoms with E-state index < -0.39 is 11.2 Å². The Hall–Kier alpha value is -4.47. The Bertz CT molecular complexity index is 1660. The van der Waals surface area contributed by atoms with E-state index in [9.17, 15) is 14.7 Å². The molecule has 0 saturated carbocycles. The Morgan fingerprint density at radius 1 is 1.00 bits per heavy atom. The third kappa shape index (κ3) is 3.49. The van der Waals surface area contributed by atoms with Crippen LogP contribution < -0.4 is 11.2 Å². The van der Waals surface area contributed by atoms with Crippen LogP contribution in [0.3, 0.4) is 0 Å². The normalized spacial score (nSPS) is 11.8. The smallest absolute Gasteiger partial charge is 0.329 e. The second-order valence-corrected chi connectivity index (χ2v) is 7.92. The van der Waals surface area contributed by atoms with Crippen molar-refractivity contribution in [1.82, 2.24) is 23.7 Å². The van der Waals surface area contributed by atoms with Gasteiger partial charge in [0.25, 0.3) is 11.5 Å². The average Bonchev–Trinajstić information content (AvgIpc) is 3.35. The predicted molar refractivity (Wildman–Crippen MR) is 129 cm³/mol. The molecule has 10 heteroatoms. The Labute approximate surface area is 193 Å². The van der Waals surface area contributed by atoms with Crippen molar-refractivity contribution in [2.24, 2.45) is 17.3 Å². The number of nitrogens with zero attached hydrogens (tertiary/aromatic N) is 6. The minimum Gasteiger partial charge on any atom is -0.493 e. The van der Waals surface area contributed by atoms with Crippen molar-refractivity contribution >= 4 is 33.7 Å². The lowest BCUT2D eigenvalue weighted by atomic mass is 10.1. The number of benzene rings is 2. The van der Waals surface area contributed by atoms with E-state index in [2.05, 4.69) is 20.2 Å². The van der Waals surface area contributed by atoms with Crippen molar-refractivity contribution in [1.29, 1.82) is 0 Å². The molecular formula is C24H23N7O3. The molecule has 0 unspecified atom stereocenters. The lowest BCUT2D eigenvalue weighted by Crippen LogP contribution is -2.29. The minimum atomic E-state index is -0.558. The van der Waals surface area contributed by atoms with E-state index in [-0.39, 0.29) is 23.0 Å². The molecule has 2 aromatic carbocycles. The van der Waals surface area contributed by atoms with E-state index in [4.69, 9.17) is 0 Å². The molecule has 0 bridgehead atoms. The molecule has 0 spiro atoms. The quantitative estimate of drug-likeness (QED) is 0.377. The summed E-state index contributed by atoms with van der Waals surface area (Å²) in [5, 5.41) is 20.2. The van der Waals surface area contributed by atoms with Gasteiger partial charge < -0.3 is 14.2 Å². The van der Waals surface area contributed by atoms with Gasteiger partial charge in [0.1, 0.15) is 0 Å². The Kier molecular flexibility index (Phi) is 5.33. The third-order valence-corrected chi connectivity index (χ3v) is 5.93. The van der Waals surface area contributed by atoms with Gasteiger partial charge in [0, 0.05) is 25.5 Å². The van der Waals surface area contributed by atoms with Crippen molar-refractivity contribution in [3.63, 3.8) is 0 Å². The van der Waals surface area contributed by atoms with Gasteiger partial charge in [-0.25, -0.2) is 4.79 Å². The average molecular weight is 457 g/mol. The van der Waals surface area contributed by atoms with Crippen LogP contribution in [0.5, 0.6) is 5.88 Å². The fourth-order valence-electron chi connectivity index (χ4n) is 4.18. The summed E-state index contributed by atoms with van der Waals surface area (Å²) in [6, 6.07) is 17.4. The van der Waals surface area contributed by atoms with Crippen molar-refractivity contribution < 1.29 is 5.11 Å². The van der Waals surface area contributed by atoms with Gasteiger partial charge in [-0.15, -0.1) is 10.2 Å². The van der Waals surface area contributed by atoms with Crippen molar-refractivity contribution in [3.8, 4) is 5.88 Å². The number of nitrogens with one attached hydrogen (secondary N) is 1. The number of rotatable bonds is 6. The van der Waals surface area contributed by atoms with Crippen LogP contribution in [-0.4, -0.2) is 28.8 Å². The van der Waals surface area contributed by atoms with Gasteiger partial charge in [-0.1, -0.05) is 48.5 Å². The van der Waals surface area contributed by atoms with Crippen molar-refractivity contribution in [2.45, 2.75) is 26.4 Å². The molecule has 10 nitrogen and oxygen atoms in total. The predicted octanol–water partition coefficient (Wildman–Crippen LogP) is 3.76. The zero-order valence-electron chi connectivity index (χ0n) is 18.8. The van der Waals surface area contributed by atoms with Gasteiger partial charge in [-0.3, -0.25) is 14.3 Å². The number of aryl methyl sites for hydroxylation is 4. The van der Waals surface area contributed by atoms with E-state index in [1.165, 1.54) is 11.6 Å². The van der Waals surface area contributed by atoms with Gasteiger partial charge in [-0.2, -0.15) is 4.98 Å². The number of fused-ring (bicyclic) bond motifs is 2. The van der Waals surface area contributed by atoms with Crippen LogP contribution in [0, 0.1) is 0 Å². The highest BCUT2D eigenvalue weighted by atomic mass is 16.3. The van der Waals surface area contributed by atoms with E-state index >= 15 is 0 Å². The fraction of sp³-hybridized carbons (Fsp3) is 0.208. The molecule has 0 aliphatic rings. The summed E-state index contributed by atoms with van der Waals surface area (Å²) in [6.45, 7) is 2.90. The highest BCUT2D eigenvalue weighted by Gasteiger charge is 2.19. The Morgan fingerprint density at radius 2 is 1.74 bits per heavy atom. The molecule has 3 aromatic heterocycles. The molecule has 34 heavy (non-hydrogen) atoms. The maximum Gasteiger partial charge on any atom is 0.329 e. The molecule has 0 saturated heterocycles. The van der Waals surface area contributed by atoms with Crippen LogP contribution in [0.4, 0.5) is 11.6 Å². The second kappa shape index (κ2) is 8.47. The molecule has 0 fully saturated rings. The van der Waals surface area contributed by atoms with E-state index in [1.54, 1.807) is 9.13 Å². The summed E-state index contributed by atoms with van der Waals surface area (Å²) >= 11 is 0. The van der Waals surface area contributed by atoms with E-state index in [0.717, 1.165) is 16.5 Å². The first-order valence-electron chi connectivity index (χ1n) is 10.9. The minimum absolute atomic E-state index is 0.00430. The summed E-state index contributed by atoms with van der Waals surface area (Å²) in [5.41, 5.74) is 1.61. The maximum absolute atomic E-state index is 12.7. The molecular weight excluding hydrogens is 434 g/mol. The molecule has 0 amide bonds. The number of aromatic amines is 1. The van der Waals surface area contributed by atoms with Gasteiger partial charge >= 0.3 is 5.69 Å². The van der Waals surface area contributed by atoms with Crippen LogP contribution in [0.25, 0.3) is 22.1 Å². The number of azo groups is 1. The number of hydrogen-bond donors (Lipinski definition) is 2. The monoisotopic (exact) mass is 457 g/mol. The lowest BCUT2D eigenvalue weighted by molar-refractivity contribution is 0.427. The number of hydrogen-bond acceptors (Lipinski definition) is 6. The standard InChI is InChI=1S/C24H23N7O3/c1-3-30-17-12-8-7-11-16(17)18(22(30)33)27-28-23-25-20-19(21(32)26-24(34)29(20)2)31(23)14-13-15-9-5-4-6-10-15/h4-12,33H,3,13-14H2,1-2H3,(H,26,32,34). The highest BCUT2D eigenvalue weighted by molar-refractivity contribution is 5.95. The van der Waals surface area contributed by atoms with E-state index in [1.807, 2.05) is 61.5 Å². The molecule has 0 aliphatic heterocycles. The van der Waals surface area contributed by atoms with Crippen molar-refractivity contribution in [3.05, 3.63) is 81.0 Å². The molecule has 3 heterocycles. The van der Waals surface area contributed by atoms with Crippen molar-refractivity contribution in [2.75, 3.05) is 0 Å². The van der Waals surface area contributed by atoms with Gasteiger partial charge in [-0.05, 0) is 25.0 Å². The number of imidazole rings is 1. The lowest BCUT2D eigenvalue weighted by Gasteiger charge is -2.06. The first-order chi connectivity index (χ1) is 16.5. The summed E-state index contributed by atoms with van der Waals surface area (Å²) in [4.78, 5) is 31.6. The van der Waals surface area contributed by atoms with E-state index in [0.29, 0.717) is 25.2 Å². The maximum atomic E-state index is 12.7. The third-order valence-electron chi connectivity index (χ3n) is 5.93. The molecule has 0 radical (unpaired) electrons. The van der Waals surface area contributed by atoms with Gasteiger partial charge in [0.05, 0.1) is 5.52 Å². The summed E-state index contributed by atoms with van der Waals surface area (Å²) < 4.78 is 4.67. The highest BCUT2D eigenvalue weighted by Crippen LogP contribution is 2.39. The number of aromatic hydroxyl groups is 1. The molecule has 5 aromatic rings. The zero-order chi connectivity index (χ0) is 23.8. The summed E-state index contributed by atoms with van der Waals surface area (Å²) in [7, 11) is 1.54. The Balaban J connectivity index is 1.66. The van der Waals surface area contributed by atoms with Crippen LogP contribution in [0.1, 0.15) is 12.5 Å². The first kappa shape index (κ1) is 21.4. The zero-order valence-corrected chi connectivity index (χ0v) is 18.8. The van der Waals surface area contributed by atoms with Gasteiger partial charge in [0.15, 0.2) is 16.9 Å². The largest absolute Gasteiger partial charge is 0.493 e. The molecule has 0 aliphatic carbocycles. The summed E-state index contributed by atoms with van der Waals surface area (Å²) in [6.07, 6.45) is 0.623. The Morgan fingerprint density at radius 3 is 2.50 bits per heavy atom. The fourth-order valence-corrected chi connectivity index (χ4v) is 4.18. The van der Waals surface area contributed by atoms with Crippen LogP contribution >= 0.6 is 0 Å². The first-order valence-corrected chi connectivity index (χ1v) is 10.9. The van der Waals surface area contributed by atoms with Crippen LogP contribution in [-0.2, 0) is 26.6 Å². The SMILES string of the molecule is CCn1c(O)c(N=Nc2nc3c(c(=O)[nH]c(=O)n3C)n2CCc2ccccc2)c2ccccc21.